The number of aromatic nitrogens is 1. The van der Waals surface area contributed by atoms with E-state index in [0.717, 1.165) is 0 Å². The Kier molecular flexibility index (Phi) is 3.24. The summed E-state index contributed by atoms with van der Waals surface area (Å²) >= 11 is 3.85. The van der Waals surface area contributed by atoms with Crippen molar-refractivity contribution in [3.05, 3.63) is 16.1 Å². The number of hydrogen-bond acceptors (Lipinski definition) is 4. The Morgan fingerprint density at radius 1 is 1.46 bits per heavy atom. The van der Waals surface area contributed by atoms with Crippen LogP contribution in [0.25, 0.3) is 0 Å². The molecule has 4 heteroatoms. The molecule has 0 amide bonds. The molecule has 13 heavy (non-hydrogen) atoms. The molecule has 1 aliphatic heterocycles. The predicted molar refractivity (Wildman–Crippen MR) is 59.3 cm³/mol. The number of nitrogens with two attached hydrogens (primary N) is 1. The minimum absolute atomic E-state index is 0.638. The molecule has 1 aromatic heterocycles. The van der Waals surface area contributed by atoms with E-state index in [2.05, 4.69) is 16.7 Å². The highest BCUT2D eigenvalue weighted by atomic mass is 32.2. The minimum Gasteiger partial charge on any atom is -0.326 e. The van der Waals surface area contributed by atoms with Gasteiger partial charge in [0.2, 0.25) is 0 Å². The van der Waals surface area contributed by atoms with Crippen molar-refractivity contribution in [3.63, 3.8) is 0 Å². The lowest BCUT2D eigenvalue weighted by Gasteiger charge is -2.18. The van der Waals surface area contributed by atoms with Gasteiger partial charge in [0.15, 0.2) is 0 Å². The van der Waals surface area contributed by atoms with Gasteiger partial charge < -0.3 is 5.73 Å². The van der Waals surface area contributed by atoms with E-state index in [0.29, 0.717) is 12.5 Å². The molecule has 0 atom stereocenters. The molecule has 1 aromatic rings. The van der Waals surface area contributed by atoms with Crippen LogP contribution in [0.5, 0.6) is 0 Å². The van der Waals surface area contributed by atoms with Gasteiger partial charge >= 0.3 is 0 Å². The van der Waals surface area contributed by atoms with Gasteiger partial charge in [-0.05, 0) is 24.3 Å². The summed E-state index contributed by atoms with van der Waals surface area (Å²) < 4.78 is 0. The SMILES string of the molecule is NCc1cnc(C2CCSCC2)s1. The summed E-state index contributed by atoms with van der Waals surface area (Å²) in [5.41, 5.74) is 5.56. The monoisotopic (exact) mass is 214 g/mol. The first kappa shape index (κ1) is 9.49. The van der Waals surface area contributed by atoms with Crippen LogP contribution in [0.2, 0.25) is 0 Å². The lowest BCUT2D eigenvalue weighted by Crippen LogP contribution is -2.07. The van der Waals surface area contributed by atoms with Crippen LogP contribution in [0.4, 0.5) is 0 Å². The van der Waals surface area contributed by atoms with E-state index in [-0.39, 0.29) is 0 Å². The molecule has 2 heterocycles. The van der Waals surface area contributed by atoms with Gasteiger partial charge in [0.1, 0.15) is 0 Å². The Morgan fingerprint density at radius 2 is 2.23 bits per heavy atom. The summed E-state index contributed by atoms with van der Waals surface area (Å²) in [7, 11) is 0. The molecule has 0 radical (unpaired) electrons. The third-order valence-electron chi connectivity index (χ3n) is 2.34. The third-order valence-corrected chi connectivity index (χ3v) is 4.57. The van der Waals surface area contributed by atoms with E-state index in [1.54, 1.807) is 11.3 Å². The van der Waals surface area contributed by atoms with Crippen LogP contribution in [-0.2, 0) is 6.54 Å². The zero-order chi connectivity index (χ0) is 9.10. The molecule has 2 N–H and O–H groups in total. The van der Waals surface area contributed by atoms with Crippen LogP contribution in [0, 0.1) is 0 Å². The van der Waals surface area contributed by atoms with E-state index in [9.17, 15) is 0 Å². The molecule has 72 valence electrons. The van der Waals surface area contributed by atoms with E-state index < -0.39 is 0 Å². The van der Waals surface area contributed by atoms with Crippen molar-refractivity contribution in [2.45, 2.75) is 25.3 Å². The van der Waals surface area contributed by atoms with E-state index in [1.165, 1.54) is 34.2 Å². The normalized spacial score (nSPS) is 19.2. The summed E-state index contributed by atoms with van der Waals surface area (Å²) in [5.74, 6) is 3.30. The summed E-state index contributed by atoms with van der Waals surface area (Å²) in [6.07, 6.45) is 4.52. The minimum atomic E-state index is 0.638. The average molecular weight is 214 g/mol. The number of thiazole rings is 1. The molecule has 2 rings (SSSR count). The number of thioether (sulfide) groups is 1. The van der Waals surface area contributed by atoms with Crippen LogP contribution in [-0.4, -0.2) is 16.5 Å². The van der Waals surface area contributed by atoms with Crippen molar-refractivity contribution in [1.29, 1.82) is 0 Å². The quantitative estimate of drug-likeness (QED) is 0.820. The zero-order valence-electron chi connectivity index (χ0n) is 7.53. The van der Waals surface area contributed by atoms with Gasteiger partial charge in [-0.25, -0.2) is 4.98 Å². The van der Waals surface area contributed by atoms with Crippen molar-refractivity contribution in [2.75, 3.05) is 11.5 Å². The van der Waals surface area contributed by atoms with Crippen LogP contribution in [0.3, 0.4) is 0 Å². The van der Waals surface area contributed by atoms with Gasteiger partial charge in [0.25, 0.3) is 0 Å². The van der Waals surface area contributed by atoms with Crippen molar-refractivity contribution < 1.29 is 0 Å². The molecular formula is C9H14N2S2. The van der Waals surface area contributed by atoms with Gasteiger partial charge in [-0.2, -0.15) is 11.8 Å². The molecule has 0 bridgehead atoms. The average Bonchev–Trinajstić information content (AvgIpc) is 2.67. The second-order valence-electron chi connectivity index (χ2n) is 3.26. The van der Waals surface area contributed by atoms with Crippen molar-refractivity contribution in [3.8, 4) is 0 Å². The van der Waals surface area contributed by atoms with Crippen LogP contribution in [0.1, 0.15) is 28.6 Å². The summed E-state index contributed by atoms with van der Waals surface area (Å²) in [4.78, 5) is 5.66. The van der Waals surface area contributed by atoms with E-state index >= 15 is 0 Å². The first-order chi connectivity index (χ1) is 6.40. The Morgan fingerprint density at radius 3 is 2.85 bits per heavy atom. The van der Waals surface area contributed by atoms with Gasteiger partial charge in [0, 0.05) is 23.5 Å². The molecule has 0 unspecified atom stereocenters. The standard InChI is InChI=1S/C9H14N2S2/c10-5-8-6-11-9(13-8)7-1-3-12-4-2-7/h6-7H,1-5,10H2. The molecule has 0 aliphatic carbocycles. The molecule has 1 fully saturated rings. The second-order valence-corrected chi connectivity index (χ2v) is 5.63. The number of rotatable bonds is 2. The highest BCUT2D eigenvalue weighted by Crippen LogP contribution is 2.33. The molecule has 2 nitrogen and oxygen atoms in total. The number of hydrogen-bond donors (Lipinski definition) is 1. The largest absolute Gasteiger partial charge is 0.326 e. The molecule has 0 saturated carbocycles. The fourth-order valence-corrected chi connectivity index (χ4v) is 3.62. The Hall–Kier alpha value is -0.0600. The van der Waals surface area contributed by atoms with Crippen LogP contribution in [0.15, 0.2) is 6.20 Å². The first-order valence-electron chi connectivity index (χ1n) is 4.62. The van der Waals surface area contributed by atoms with Crippen LogP contribution < -0.4 is 5.73 Å². The molecule has 0 spiro atoms. The predicted octanol–water partition coefficient (Wildman–Crippen LogP) is 2.21. The van der Waals surface area contributed by atoms with E-state index in [1.807, 2.05) is 6.20 Å². The fourth-order valence-electron chi connectivity index (χ4n) is 1.55. The van der Waals surface area contributed by atoms with Crippen molar-refractivity contribution >= 4 is 23.1 Å². The van der Waals surface area contributed by atoms with E-state index in [4.69, 9.17) is 5.73 Å². The van der Waals surface area contributed by atoms with Gasteiger partial charge in [-0.3, -0.25) is 0 Å². The summed E-state index contributed by atoms with van der Waals surface area (Å²) in [6.45, 7) is 0.638. The molecule has 0 aromatic carbocycles. The first-order valence-corrected chi connectivity index (χ1v) is 6.59. The highest BCUT2D eigenvalue weighted by Gasteiger charge is 2.18. The summed E-state index contributed by atoms with van der Waals surface area (Å²) in [5, 5.41) is 1.31. The smallest absolute Gasteiger partial charge is 0.0959 e. The van der Waals surface area contributed by atoms with Crippen LogP contribution >= 0.6 is 23.1 Å². The summed E-state index contributed by atoms with van der Waals surface area (Å²) in [6, 6.07) is 0. The van der Waals surface area contributed by atoms with Gasteiger partial charge in [-0.15, -0.1) is 11.3 Å². The molecule has 1 saturated heterocycles. The maximum atomic E-state index is 5.56. The second kappa shape index (κ2) is 4.44. The molecular weight excluding hydrogens is 200 g/mol. The maximum absolute atomic E-state index is 5.56. The van der Waals surface area contributed by atoms with Gasteiger partial charge in [0.05, 0.1) is 5.01 Å². The van der Waals surface area contributed by atoms with Gasteiger partial charge in [-0.1, -0.05) is 0 Å². The highest BCUT2D eigenvalue weighted by molar-refractivity contribution is 7.99. The Bertz CT molecular complexity index is 266. The number of nitrogens with zero attached hydrogens (tertiary/aromatic N) is 1. The van der Waals surface area contributed by atoms with Crippen molar-refractivity contribution in [2.24, 2.45) is 5.73 Å². The topological polar surface area (TPSA) is 38.9 Å². The lowest BCUT2D eigenvalue weighted by atomic mass is 10.0. The lowest BCUT2D eigenvalue weighted by molar-refractivity contribution is 0.633. The molecule has 1 aliphatic rings. The maximum Gasteiger partial charge on any atom is 0.0959 e. The zero-order valence-corrected chi connectivity index (χ0v) is 9.16. The fraction of sp³-hybridized carbons (Fsp3) is 0.667. The Labute approximate surface area is 86.9 Å². The van der Waals surface area contributed by atoms with Crippen molar-refractivity contribution in [1.82, 2.24) is 4.98 Å². The third kappa shape index (κ3) is 2.24. The Balaban J connectivity index is 2.05.